The molecule has 31 heavy (non-hydrogen) atoms. The number of aliphatic carboxylic acids is 1. The summed E-state index contributed by atoms with van der Waals surface area (Å²) in [6.07, 6.45) is 7.33. The number of halogens is 1. The minimum atomic E-state index is -1.18. The molecule has 0 aliphatic heterocycles. The molecule has 1 amide bonds. The lowest BCUT2D eigenvalue weighted by Gasteiger charge is -2.10. The Labute approximate surface area is 186 Å². The summed E-state index contributed by atoms with van der Waals surface area (Å²) >= 11 is 6.19. The number of carbonyl (C=O) groups excluding carboxylic acids is 1. The maximum atomic E-state index is 12.2. The number of hydrogen-bond donors (Lipinski definition) is 2. The van der Waals surface area contributed by atoms with Crippen LogP contribution in [0.4, 0.5) is 0 Å². The molecular formula is C24H26ClNO5. The highest BCUT2D eigenvalue weighted by Crippen LogP contribution is 2.32. The Morgan fingerprint density at radius 2 is 1.81 bits per heavy atom. The van der Waals surface area contributed by atoms with E-state index in [0.717, 1.165) is 19.3 Å². The lowest BCUT2D eigenvalue weighted by Crippen LogP contribution is -2.27. The zero-order valence-corrected chi connectivity index (χ0v) is 18.2. The van der Waals surface area contributed by atoms with Crippen molar-refractivity contribution in [1.29, 1.82) is 0 Å². The molecule has 0 radical (unpaired) electrons. The predicted molar refractivity (Wildman–Crippen MR) is 119 cm³/mol. The average molecular weight is 444 g/mol. The molecule has 0 spiro atoms. The summed E-state index contributed by atoms with van der Waals surface area (Å²) in [5.74, 6) is 0.779. The number of ether oxygens (including phenoxy) is 2. The lowest BCUT2D eigenvalue weighted by molar-refractivity contribution is -0.134. The van der Waals surface area contributed by atoms with E-state index in [1.807, 2.05) is 0 Å². The second-order valence-corrected chi connectivity index (χ2v) is 7.98. The molecule has 2 aromatic rings. The van der Waals surface area contributed by atoms with Gasteiger partial charge < -0.3 is 19.9 Å². The average Bonchev–Trinajstić information content (AvgIpc) is 3.28. The number of carboxylic acid groups (broad SMARTS) is 1. The van der Waals surface area contributed by atoms with Crippen LogP contribution < -0.4 is 14.8 Å². The van der Waals surface area contributed by atoms with Crippen molar-refractivity contribution in [2.24, 2.45) is 5.92 Å². The van der Waals surface area contributed by atoms with Gasteiger partial charge in [-0.2, -0.15) is 0 Å². The summed E-state index contributed by atoms with van der Waals surface area (Å²) in [6, 6.07) is 11.9. The smallest absolute Gasteiger partial charge is 0.352 e. The molecule has 0 unspecified atom stereocenters. The Bertz CT molecular complexity index is 949. The van der Waals surface area contributed by atoms with E-state index in [1.165, 1.54) is 18.9 Å². The van der Waals surface area contributed by atoms with Crippen molar-refractivity contribution < 1.29 is 24.2 Å². The van der Waals surface area contributed by atoms with Gasteiger partial charge in [0.2, 0.25) is 5.91 Å². The molecule has 1 aliphatic rings. The highest BCUT2D eigenvalue weighted by atomic mass is 35.5. The van der Waals surface area contributed by atoms with Gasteiger partial charge in [-0.25, -0.2) is 4.79 Å². The van der Waals surface area contributed by atoms with E-state index in [-0.39, 0.29) is 11.6 Å². The topological polar surface area (TPSA) is 84.9 Å². The van der Waals surface area contributed by atoms with E-state index in [9.17, 15) is 14.7 Å². The molecule has 2 N–H and O–H groups in total. The molecule has 7 heteroatoms. The van der Waals surface area contributed by atoms with E-state index < -0.39 is 5.97 Å². The third kappa shape index (κ3) is 6.76. The van der Waals surface area contributed by atoms with Gasteiger partial charge in [-0.05, 0) is 48.2 Å². The summed E-state index contributed by atoms with van der Waals surface area (Å²) in [5.41, 5.74) is 0.477. The number of benzene rings is 2. The maximum absolute atomic E-state index is 12.2. The summed E-state index contributed by atoms with van der Waals surface area (Å²) in [7, 11) is 1.56. The molecule has 1 saturated carbocycles. The van der Waals surface area contributed by atoms with Gasteiger partial charge in [0.25, 0.3) is 0 Å². The maximum Gasteiger partial charge on any atom is 0.352 e. The van der Waals surface area contributed by atoms with Gasteiger partial charge in [0.15, 0.2) is 0 Å². The van der Waals surface area contributed by atoms with E-state index in [2.05, 4.69) is 5.32 Å². The number of hydrogen-bond acceptors (Lipinski definition) is 4. The van der Waals surface area contributed by atoms with Crippen LogP contribution in [0.15, 0.2) is 48.2 Å². The molecule has 6 nitrogen and oxygen atoms in total. The Morgan fingerprint density at radius 3 is 2.42 bits per heavy atom. The number of rotatable bonds is 9. The SMILES string of the molecule is COc1ccc(Oc2ccc(/C=C(/NC(=O)CCC3CCCC3)C(=O)O)cc2)c(Cl)c1. The van der Waals surface area contributed by atoms with Gasteiger partial charge in [0.05, 0.1) is 12.1 Å². The molecule has 0 aromatic heterocycles. The standard InChI is InChI=1S/C24H26ClNO5/c1-30-19-11-12-22(20(25)15-19)31-18-9-6-17(7-10-18)14-21(24(28)29)26-23(27)13-8-16-4-2-3-5-16/h6-7,9-12,14-16H,2-5,8,13H2,1H3,(H,26,27)(H,28,29)/b21-14+. The molecule has 2 aromatic carbocycles. The molecule has 0 atom stereocenters. The zero-order valence-electron chi connectivity index (χ0n) is 17.4. The molecule has 3 rings (SSSR count). The van der Waals surface area contributed by atoms with Gasteiger partial charge in [-0.1, -0.05) is 49.4 Å². The van der Waals surface area contributed by atoms with Crippen LogP contribution in [0.2, 0.25) is 5.02 Å². The van der Waals surface area contributed by atoms with Gasteiger partial charge in [-0.15, -0.1) is 0 Å². The summed E-state index contributed by atoms with van der Waals surface area (Å²) in [4.78, 5) is 23.7. The first kappa shape index (κ1) is 22.7. The quantitative estimate of drug-likeness (QED) is 0.489. The van der Waals surface area contributed by atoms with E-state index >= 15 is 0 Å². The van der Waals surface area contributed by atoms with Crippen molar-refractivity contribution >= 4 is 29.6 Å². The summed E-state index contributed by atoms with van der Waals surface area (Å²) in [5, 5.41) is 12.4. The highest BCUT2D eigenvalue weighted by Gasteiger charge is 2.18. The van der Waals surface area contributed by atoms with Crippen LogP contribution in [-0.2, 0) is 9.59 Å². The molecule has 164 valence electrons. The minimum Gasteiger partial charge on any atom is -0.497 e. The van der Waals surface area contributed by atoms with Crippen LogP contribution in [0.1, 0.15) is 44.1 Å². The molecule has 0 heterocycles. The second-order valence-electron chi connectivity index (χ2n) is 7.57. The zero-order chi connectivity index (χ0) is 22.2. The van der Waals surface area contributed by atoms with Crippen molar-refractivity contribution in [2.75, 3.05) is 7.11 Å². The van der Waals surface area contributed by atoms with Crippen molar-refractivity contribution in [3.05, 3.63) is 58.7 Å². The third-order valence-corrected chi connectivity index (χ3v) is 5.61. The van der Waals surface area contributed by atoms with Crippen molar-refractivity contribution in [3.8, 4) is 17.2 Å². The van der Waals surface area contributed by atoms with Gasteiger partial charge in [-0.3, -0.25) is 4.79 Å². The van der Waals surface area contributed by atoms with Crippen LogP contribution in [0.3, 0.4) is 0 Å². The van der Waals surface area contributed by atoms with Crippen molar-refractivity contribution in [2.45, 2.75) is 38.5 Å². The van der Waals surface area contributed by atoms with Gasteiger partial charge in [0, 0.05) is 12.5 Å². The number of nitrogens with one attached hydrogen (secondary N) is 1. The van der Waals surface area contributed by atoms with Crippen molar-refractivity contribution in [3.63, 3.8) is 0 Å². The molecule has 1 aliphatic carbocycles. The third-order valence-electron chi connectivity index (χ3n) is 5.32. The van der Waals surface area contributed by atoms with Crippen LogP contribution in [-0.4, -0.2) is 24.1 Å². The van der Waals surface area contributed by atoms with Crippen LogP contribution in [0.25, 0.3) is 6.08 Å². The fourth-order valence-corrected chi connectivity index (χ4v) is 3.82. The Kier molecular flexibility index (Phi) is 7.95. The predicted octanol–water partition coefficient (Wildman–Crippen LogP) is 5.65. The first-order chi connectivity index (χ1) is 14.9. The lowest BCUT2D eigenvalue weighted by atomic mass is 10.0. The van der Waals surface area contributed by atoms with Crippen LogP contribution >= 0.6 is 11.6 Å². The normalized spacial score (nSPS) is 14.3. The summed E-state index contributed by atoms with van der Waals surface area (Å²) < 4.78 is 10.9. The first-order valence-electron chi connectivity index (χ1n) is 10.3. The molecule has 0 bridgehead atoms. The monoisotopic (exact) mass is 443 g/mol. The molecule has 0 saturated heterocycles. The largest absolute Gasteiger partial charge is 0.497 e. The fraction of sp³-hybridized carbons (Fsp3) is 0.333. The molecule has 1 fully saturated rings. The number of amides is 1. The number of methoxy groups -OCH3 is 1. The first-order valence-corrected chi connectivity index (χ1v) is 10.7. The van der Waals surface area contributed by atoms with Gasteiger partial charge in [0.1, 0.15) is 22.9 Å². The minimum absolute atomic E-state index is 0.150. The number of carboxylic acids is 1. The number of carbonyl (C=O) groups is 2. The highest BCUT2D eigenvalue weighted by molar-refractivity contribution is 6.32. The molecular weight excluding hydrogens is 418 g/mol. The van der Waals surface area contributed by atoms with E-state index in [1.54, 1.807) is 49.6 Å². The van der Waals surface area contributed by atoms with Crippen LogP contribution in [0.5, 0.6) is 17.2 Å². The van der Waals surface area contributed by atoms with E-state index in [0.29, 0.717) is 40.2 Å². The Hall–Kier alpha value is -2.99. The van der Waals surface area contributed by atoms with Crippen LogP contribution in [0, 0.1) is 5.92 Å². The Balaban J connectivity index is 1.62. The fourth-order valence-electron chi connectivity index (χ4n) is 3.62. The van der Waals surface area contributed by atoms with E-state index in [4.69, 9.17) is 21.1 Å². The van der Waals surface area contributed by atoms with Crippen molar-refractivity contribution in [1.82, 2.24) is 5.32 Å². The Morgan fingerprint density at radius 1 is 1.13 bits per heavy atom. The second kappa shape index (κ2) is 10.9. The summed E-state index contributed by atoms with van der Waals surface area (Å²) in [6.45, 7) is 0. The van der Waals surface area contributed by atoms with Gasteiger partial charge >= 0.3 is 5.97 Å².